The molecular formula is C11H18ClN3S. The van der Waals surface area contributed by atoms with Crippen LogP contribution in [0.3, 0.4) is 0 Å². The summed E-state index contributed by atoms with van der Waals surface area (Å²) < 4.78 is 0. The van der Waals surface area contributed by atoms with Crippen LogP contribution in [0.15, 0.2) is 5.38 Å². The monoisotopic (exact) mass is 259 g/mol. The second-order valence-electron chi connectivity index (χ2n) is 4.45. The Kier molecular flexibility index (Phi) is 4.19. The van der Waals surface area contributed by atoms with Crippen LogP contribution in [-0.4, -0.2) is 47.5 Å². The Hall–Kier alpha value is -0.160. The van der Waals surface area contributed by atoms with E-state index in [1.54, 1.807) is 11.3 Å². The molecular weight excluding hydrogens is 242 g/mol. The number of nitrogens with zero attached hydrogens (tertiary/aromatic N) is 3. The van der Waals surface area contributed by atoms with Crippen molar-refractivity contribution in [2.24, 2.45) is 0 Å². The molecule has 1 aliphatic rings. The lowest BCUT2D eigenvalue weighted by Gasteiger charge is -2.37. The van der Waals surface area contributed by atoms with Crippen LogP contribution in [0.1, 0.15) is 17.6 Å². The van der Waals surface area contributed by atoms with E-state index >= 15 is 0 Å². The first-order valence-corrected chi connectivity index (χ1v) is 7.02. The van der Waals surface area contributed by atoms with E-state index in [9.17, 15) is 0 Å². The van der Waals surface area contributed by atoms with Crippen LogP contribution in [0.4, 0.5) is 0 Å². The van der Waals surface area contributed by atoms with Gasteiger partial charge in [0.1, 0.15) is 5.01 Å². The van der Waals surface area contributed by atoms with Gasteiger partial charge >= 0.3 is 0 Å². The van der Waals surface area contributed by atoms with Gasteiger partial charge in [0.25, 0.3) is 0 Å². The zero-order valence-electron chi connectivity index (χ0n) is 9.82. The maximum atomic E-state index is 5.75. The molecule has 0 saturated carbocycles. The Morgan fingerprint density at radius 1 is 1.56 bits per heavy atom. The summed E-state index contributed by atoms with van der Waals surface area (Å²) in [7, 11) is 2.18. The summed E-state index contributed by atoms with van der Waals surface area (Å²) in [6.45, 7) is 6.68. The molecule has 3 nitrogen and oxygen atoms in total. The predicted octanol–water partition coefficient (Wildman–Crippen LogP) is 2.02. The lowest BCUT2D eigenvalue weighted by molar-refractivity contribution is 0.0937. The molecule has 2 rings (SSSR count). The third-order valence-corrected chi connectivity index (χ3v) is 4.20. The molecule has 0 radical (unpaired) electrons. The van der Waals surface area contributed by atoms with Crippen molar-refractivity contribution < 1.29 is 0 Å². The van der Waals surface area contributed by atoms with E-state index in [2.05, 4.69) is 34.1 Å². The second-order valence-corrected chi connectivity index (χ2v) is 5.66. The lowest BCUT2D eigenvalue weighted by atomic mass is 10.2. The standard InChI is InChI=1S/C11H18ClN3S/c1-9-6-14(2)3-4-15(9)7-11-13-10(5-12)8-16-11/h8-9H,3-7H2,1-2H3. The molecule has 0 spiro atoms. The molecule has 1 fully saturated rings. The average Bonchev–Trinajstić information content (AvgIpc) is 2.70. The fraction of sp³-hybridized carbons (Fsp3) is 0.727. The van der Waals surface area contributed by atoms with Gasteiger partial charge in [0.15, 0.2) is 0 Å². The van der Waals surface area contributed by atoms with Crippen molar-refractivity contribution in [1.82, 2.24) is 14.8 Å². The molecule has 90 valence electrons. The lowest BCUT2D eigenvalue weighted by Crippen LogP contribution is -2.49. The first kappa shape index (κ1) is 12.3. The minimum Gasteiger partial charge on any atom is -0.304 e. The molecule has 0 bridgehead atoms. The molecule has 1 aromatic rings. The van der Waals surface area contributed by atoms with Crippen LogP contribution < -0.4 is 0 Å². The van der Waals surface area contributed by atoms with Gasteiger partial charge in [-0.1, -0.05) is 0 Å². The molecule has 0 N–H and O–H groups in total. The largest absolute Gasteiger partial charge is 0.304 e. The highest BCUT2D eigenvalue weighted by Gasteiger charge is 2.22. The van der Waals surface area contributed by atoms with Crippen molar-refractivity contribution in [3.63, 3.8) is 0 Å². The number of thiazole rings is 1. The number of likely N-dealkylation sites (N-methyl/N-ethyl adjacent to an activating group) is 1. The Balaban J connectivity index is 1.93. The Morgan fingerprint density at radius 3 is 3.00 bits per heavy atom. The first-order chi connectivity index (χ1) is 7.69. The fourth-order valence-corrected chi connectivity index (χ4v) is 3.12. The molecule has 1 unspecified atom stereocenters. The van der Waals surface area contributed by atoms with Gasteiger partial charge in [0.2, 0.25) is 0 Å². The summed E-state index contributed by atoms with van der Waals surface area (Å²) in [5, 5.41) is 3.25. The number of halogens is 1. The summed E-state index contributed by atoms with van der Waals surface area (Å²) in [5.74, 6) is 0.523. The first-order valence-electron chi connectivity index (χ1n) is 5.61. The zero-order chi connectivity index (χ0) is 11.5. The number of piperazine rings is 1. The van der Waals surface area contributed by atoms with E-state index in [1.165, 1.54) is 5.01 Å². The van der Waals surface area contributed by atoms with Crippen molar-refractivity contribution >= 4 is 22.9 Å². The van der Waals surface area contributed by atoms with Gasteiger partial charge < -0.3 is 4.90 Å². The average molecular weight is 260 g/mol. The van der Waals surface area contributed by atoms with E-state index in [-0.39, 0.29) is 0 Å². The van der Waals surface area contributed by atoms with Crippen molar-refractivity contribution in [1.29, 1.82) is 0 Å². The van der Waals surface area contributed by atoms with E-state index < -0.39 is 0 Å². The minimum absolute atomic E-state index is 0.523. The third kappa shape index (κ3) is 2.94. The van der Waals surface area contributed by atoms with Crippen molar-refractivity contribution in [3.8, 4) is 0 Å². The van der Waals surface area contributed by atoms with E-state index in [1.807, 2.05) is 0 Å². The second kappa shape index (κ2) is 5.45. The van der Waals surface area contributed by atoms with Crippen molar-refractivity contribution in [2.75, 3.05) is 26.7 Å². The maximum absolute atomic E-state index is 5.75. The molecule has 1 aromatic heterocycles. The smallest absolute Gasteiger partial charge is 0.107 e. The zero-order valence-corrected chi connectivity index (χ0v) is 11.4. The Labute approximate surface area is 106 Å². The van der Waals surface area contributed by atoms with Gasteiger partial charge in [-0.05, 0) is 14.0 Å². The molecule has 0 amide bonds. The number of rotatable bonds is 3. The van der Waals surface area contributed by atoms with Crippen LogP contribution in [0.5, 0.6) is 0 Å². The fourth-order valence-electron chi connectivity index (χ4n) is 2.07. The molecule has 5 heteroatoms. The minimum atomic E-state index is 0.523. The topological polar surface area (TPSA) is 19.4 Å². The Morgan fingerprint density at radius 2 is 2.38 bits per heavy atom. The SMILES string of the molecule is CC1CN(C)CCN1Cc1nc(CCl)cs1. The molecule has 1 saturated heterocycles. The number of hydrogen-bond donors (Lipinski definition) is 0. The number of hydrogen-bond acceptors (Lipinski definition) is 4. The number of aromatic nitrogens is 1. The van der Waals surface area contributed by atoms with Crippen LogP contribution in [-0.2, 0) is 12.4 Å². The van der Waals surface area contributed by atoms with Gasteiger partial charge in [0, 0.05) is 31.1 Å². The van der Waals surface area contributed by atoms with Gasteiger partial charge in [-0.15, -0.1) is 22.9 Å². The maximum Gasteiger partial charge on any atom is 0.107 e. The van der Waals surface area contributed by atoms with E-state index in [0.717, 1.165) is 31.9 Å². The van der Waals surface area contributed by atoms with Crippen LogP contribution in [0, 0.1) is 0 Å². The molecule has 0 aromatic carbocycles. The number of alkyl halides is 1. The van der Waals surface area contributed by atoms with Crippen molar-refractivity contribution in [2.45, 2.75) is 25.4 Å². The third-order valence-electron chi connectivity index (χ3n) is 3.04. The van der Waals surface area contributed by atoms with Crippen LogP contribution in [0.2, 0.25) is 0 Å². The molecule has 0 aliphatic carbocycles. The highest BCUT2D eigenvalue weighted by molar-refractivity contribution is 7.09. The van der Waals surface area contributed by atoms with Gasteiger partial charge in [-0.2, -0.15) is 0 Å². The highest BCUT2D eigenvalue weighted by Crippen LogP contribution is 2.17. The van der Waals surface area contributed by atoms with Crippen molar-refractivity contribution in [3.05, 3.63) is 16.1 Å². The van der Waals surface area contributed by atoms with Gasteiger partial charge in [-0.3, -0.25) is 4.90 Å². The Bertz CT molecular complexity index is 342. The summed E-state index contributed by atoms with van der Waals surface area (Å²) in [6.07, 6.45) is 0. The normalized spacial score (nSPS) is 23.8. The molecule has 2 heterocycles. The summed E-state index contributed by atoms with van der Waals surface area (Å²) in [6, 6.07) is 0.613. The van der Waals surface area contributed by atoms with Crippen LogP contribution >= 0.6 is 22.9 Å². The molecule has 16 heavy (non-hydrogen) atoms. The highest BCUT2D eigenvalue weighted by atomic mass is 35.5. The van der Waals surface area contributed by atoms with Gasteiger partial charge in [-0.25, -0.2) is 4.98 Å². The van der Waals surface area contributed by atoms with E-state index in [4.69, 9.17) is 11.6 Å². The quantitative estimate of drug-likeness (QED) is 0.775. The predicted molar refractivity (Wildman–Crippen MR) is 69.0 cm³/mol. The van der Waals surface area contributed by atoms with E-state index in [0.29, 0.717) is 11.9 Å². The van der Waals surface area contributed by atoms with Crippen LogP contribution in [0.25, 0.3) is 0 Å². The summed E-state index contributed by atoms with van der Waals surface area (Å²) in [5.41, 5.74) is 1.00. The summed E-state index contributed by atoms with van der Waals surface area (Å²) in [4.78, 5) is 9.39. The van der Waals surface area contributed by atoms with Gasteiger partial charge in [0.05, 0.1) is 18.1 Å². The molecule has 1 aliphatic heterocycles. The molecule has 1 atom stereocenters. The summed E-state index contributed by atoms with van der Waals surface area (Å²) >= 11 is 7.47.